The Bertz CT molecular complexity index is 611. The van der Waals surface area contributed by atoms with Gasteiger partial charge in [0.2, 0.25) is 0 Å². The first-order valence-corrected chi connectivity index (χ1v) is 6.27. The van der Waals surface area contributed by atoms with Crippen molar-refractivity contribution in [2.24, 2.45) is 12.8 Å². The highest BCUT2D eigenvalue weighted by Gasteiger charge is 2.27. The summed E-state index contributed by atoms with van der Waals surface area (Å²) in [6.07, 6.45) is 4.25. The van der Waals surface area contributed by atoms with Crippen LogP contribution in [0.2, 0.25) is 0 Å². The van der Waals surface area contributed by atoms with Crippen LogP contribution in [0.1, 0.15) is 10.5 Å². The van der Waals surface area contributed by atoms with Gasteiger partial charge in [-0.15, -0.1) is 0 Å². The molecule has 20 heavy (non-hydrogen) atoms. The number of carbonyl (C=O) groups is 1. The van der Waals surface area contributed by atoms with Crippen LogP contribution in [-0.2, 0) is 7.05 Å². The van der Waals surface area contributed by atoms with Crippen molar-refractivity contribution in [3.63, 3.8) is 0 Å². The first-order valence-electron chi connectivity index (χ1n) is 5.45. The van der Waals surface area contributed by atoms with Gasteiger partial charge in [0.1, 0.15) is 5.69 Å². The Morgan fingerprint density at radius 1 is 1.50 bits per heavy atom. The lowest BCUT2D eigenvalue weighted by Crippen LogP contribution is -2.24. The quantitative estimate of drug-likeness (QED) is 0.509. The summed E-state index contributed by atoms with van der Waals surface area (Å²) in [5.41, 5.74) is 5.25. The zero-order chi connectivity index (χ0) is 14.8. The molecule has 2 aromatic heterocycles. The number of anilines is 1. The van der Waals surface area contributed by atoms with Gasteiger partial charge in [0.05, 0.1) is 18.1 Å². The Labute approximate surface area is 117 Å². The van der Waals surface area contributed by atoms with Gasteiger partial charge in [0.15, 0.2) is 5.16 Å². The van der Waals surface area contributed by atoms with E-state index in [1.54, 1.807) is 18.3 Å². The van der Waals surface area contributed by atoms with Gasteiger partial charge in [-0.3, -0.25) is 15.5 Å². The van der Waals surface area contributed by atoms with Crippen LogP contribution in [0.15, 0.2) is 35.9 Å². The van der Waals surface area contributed by atoms with Crippen molar-refractivity contribution in [3.8, 4) is 0 Å². The fourth-order valence-electron chi connectivity index (χ4n) is 1.45. The summed E-state index contributed by atoms with van der Waals surface area (Å²) in [4.78, 5) is 19.6. The number of nitrogens with two attached hydrogens (primary N) is 1. The summed E-state index contributed by atoms with van der Waals surface area (Å²) in [6, 6.07) is 3.32. The zero-order valence-electron chi connectivity index (χ0n) is 10.4. The molecule has 1 amide bonds. The molecular formula is C11H11F2N5OS. The summed E-state index contributed by atoms with van der Waals surface area (Å²) < 4.78 is 26.7. The number of alkyl halides is 2. The number of amides is 1. The topological polar surface area (TPSA) is 85.8 Å². The van der Waals surface area contributed by atoms with E-state index in [0.717, 1.165) is 0 Å². The summed E-state index contributed by atoms with van der Waals surface area (Å²) in [6.45, 7) is 0. The number of thioether (sulfide) groups is 1. The van der Waals surface area contributed by atoms with Crippen LogP contribution in [0.3, 0.4) is 0 Å². The molecule has 3 N–H and O–H groups in total. The molecule has 2 rings (SSSR count). The number of carbonyl (C=O) groups excluding carboxylic acids is 1. The second kappa shape index (κ2) is 5.55. The molecule has 0 radical (unpaired) electrons. The number of imidazole rings is 1. The highest BCUT2D eigenvalue weighted by atomic mass is 32.2. The Balaban J connectivity index is 2.15. The van der Waals surface area contributed by atoms with E-state index in [1.165, 1.54) is 24.0 Å². The monoisotopic (exact) mass is 299 g/mol. The first kappa shape index (κ1) is 14.4. The van der Waals surface area contributed by atoms with Crippen LogP contribution < -0.4 is 11.1 Å². The summed E-state index contributed by atoms with van der Waals surface area (Å²) in [5, 5.41) is -0.911. The minimum absolute atomic E-state index is 0.0474. The molecular weight excluding hydrogens is 288 g/mol. The van der Waals surface area contributed by atoms with Gasteiger partial charge in [0, 0.05) is 25.0 Å². The van der Waals surface area contributed by atoms with Crippen molar-refractivity contribution >= 4 is 23.4 Å². The average Bonchev–Trinajstić information content (AvgIpc) is 2.70. The van der Waals surface area contributed by atoms with E-state index in [4.69, 9.17) is 0 Å². The molecule has 0 saturated carbocycles. The molecule has 2 aromatic rings. The molecule has 0 unspecified atom stereocenters. The summed E-state index contributed by atoms with van der Waals surface area (Å²) in [5.74, 6) is -0.472. The predicted molar refractivity (Wildman–Crippen MR) is 70.4 cm³/mol. The van der Waals surface area contributed by atoms with E-state index in [2.05, 4.69) is 21.0 Å². The van der Waals surface area contributed by atoms with Crippen LogP contribution in [-0.4, -0.2) is 25.8 Å². The second-order valence-corrected chi connectivity index (χ2v) is 4.96. The number of aromatic nitrogens is 3. The lowest BCUT2D eigenvalue weighted by molar-refractivity contribution is 0.101. The molecule has 0 fully saturated rings. The lowest BCUT2D eigenvalue weighted by Gasteiger charge is -2.09. The van der Waals surface area contributed by atoms with Crippen molar-refractivity contribution in [3.05, 3.63) is 36.4 Å². The van der Waals surface area contributed by atoms with Gasteiger partial charge in [-0.05, 0) is 12.1 Å². The van der Waals surface area contributed by atoms with E-state index >= 15 is 0 Å². The molecule has 0 bridgehead atoms. The number of nitrogens with one attached hydrogen (secondary N) is 1. The normalized spacial score (nSPS) is 11.4. The second-order valence-electron chi connectivity index (χ2n) is 3.84. The van der Waals surface area contributed by atoms with E-state index < -0.39 is 11.3 Å². The molecule has 6 nitrogen and oxygen atoms in total. The van der Waals surface area contributed by atoms with Gasteiger partial charge in [-0.2, -0.15) is 8.78 Å². The summed E-state index contributed by atoms with van der Waals surface area (Å²) >= 11 is 0.0759. The van der Waals surface area contributed by atoms with Crippen LogP contribution in [0.4, 0.5) is 14.5 Å². The lowest BCUT2D eigenvalue weighted by atomic mass is 10.4. The molecule has 0 spiro atoms. The molecule has 0 saturated heterocycles. The van der Waals surface area contributed by atoms with Crippen LogP contribution in [0.5, 0.6) is 0 Å². The van der Waals surface area contributed by atoms with E-state index in [1.807, 2.05) is 0 Å². The minimum atomic E-state index is -3.45. The minimum Gasteiger partial charge on any atom is -0.319 e. The zero-order valence-corrected chi connectivity index (χ0v) is 11.2. The Morgan fingerprint density at radius 2 is 2.25 bits per heavy atom. The number of halogens is 2. The summed E-state index contributed by atoms with van der Waals surface area (Å²) in [7, 11) is 1.46. The van der Waals surface area contributed by atoms with Crippen molar-refractivity contribution in [1.29, 1.82) is 0 Å². The molecule has 9 heteroatoms. The molecule has 0 aliphatic rings. The highest BCUT2D eigenvalue weighted by molar-refractivity contribution is 8.00. The number of hydrogen-bond acceptors (Lipinski definition) is 5. The third-order valence-corrected chi connectivity index (χ3v) is 3.16. The van der Waals surface area contributed by atoms with Gasteiger partial charge in [0.25, 0.3) is 5.91 Å². The van der Waals surface area contributed by atoms with E-state index in [0.29, 0.717) is 5.69 Å². The fourth-order valence-corrected chi connectivity index (χ4v) is 2.04. The van der Waals surface area contributed by atoms with Crippen LogP contribution in [0.25, 0.3) is 0 Å². The maximum absolute atomic E-state index is 12.7. The number of rotatable bonds is 4. The Kier molecular flexibility index (Phi) is 4.00. The standard InChI is InChI=1S/C11H11F2N5OS/c1-18-8(6-16-10(18)20-11(12,13)14)9(19)17-7-3-2-4-15-5-7/h2-6H,14H2,1H3,(H,17,19). The third kappa shape index (κ3) is 3.52. The maximum atomic E-state index is 12.7. The Hall–Kier alpha value is -2.00. The highest BCUT2D eigenvalue weighted by Crippen LogP contribution is 2.30. The molecule has 0 aliphatic heterocycles. The van der Waals surface area contributed by atoms with Crippen molar-refractivity contribution in [2.75, 3.05) is 5.32 Å². The SMILES string of the molecule is Cn1c(C(=O)Nc2cccnc2)cnc1SC(N)(F)F. The van der Waals surface area contributed by atoms with E-state index in [9.17, 15) is 13.6 Å². The van der Waals surface area contributed by atoms with Crippen LogP contribution in [0, 0.1) is 0 Å². The fraction of sp³-hybridized carbons (Fsp3) is 0.182. The smallest absolute Gasteiger partial charge is 0.319 e. The number of pyridine rings is 1. The first-order chi connectivity index (χ1) is 9.37. The number of hydrogen-bond donors (Lipinski definition) is 2. The van der Waals surface area contributed by atoms with Crippen LogP contribution >= 0.6 is 11.8 Å². The average molecular weight is 299 g/mol. The largest absolute Gasteiger partial charge is 0.357 e. The predicted octanol–water partition coefficient (Wildman–Crippen LogP) is 1.67. The van der Waals surface area contributed by atoms with Gasteiger partial charge < -0.3 is 9.88 Å². The number of nitrogens with zero attached hydrogens (tertiary/aromatic N) is 3. The van der Waals surface area contributed by atoms with E-state index in [-0.39, 0.29) is 22.6 Å². The van der Waals surface area contributed by atoms with Gasteiger partial charge >= 0.3 is 5.38 Å². The molecule has 0 aliphatic carbocycles. The van der Waals surface area contributed by atoms with Gasteiger partial charge in [-0.25, -0.2) is 4.98 Å². The molecule has 106 valence electrons. The molecule has 2 heterocycles. The van der Waals surface area contributed by atoms with Crippen molar-refractivity contribution in [2.45, 2.75) is 10.5 Å². The van der Waals surface area contributed by atoms with Crippen molar-refractivity contribution in [1.82, 2.24) is 14.5 Å². The van der Waals surface area contributed by atoms with Gasteiger partial charge in [-0.1, -0.05) is 0 Å². The molecule has 0 atom stereocenters. The van der Waals surface area contributed by atoms with Crippen molar-refractivity contribution < 1.29 is 13.6 Å². The maximum Gasteiger partial charge on any atom is 0.357 e. The Morgan fingerprint density at radius 3 is 2.85 bits per heavy atom. The molecule has 0 aromatic carbocycles. The third-order valence-electron chi connectivity index (χ3n) is 2.32.